The summed E-state index contributed by atoms with van der Waals surface area (Å²) in [6, 6.07) is 15.5. The van der Waals surface area contributed by atoms with Gasteiger partial charge < -0.3 is 0 Å². The first-order valence-electron chi connectivity index (χ1n) is 10.3. The molecule has 0 saturated carbocycles. The van der Waals surface area contributed by atoms with Crippen molar-refractivity contribution in [2.24, 2.45) is 0 Å². The molecule has 5 rings (SSSR count). The van der Waals surface area contributed by atoms with E-state index in [-0.39, 0.29) is 0 Å². The number of aromatic nitrogens is 2. The third-order valence-corrected chi connectivity index (χ3v) is 6.90. The molecule has 2 heteroatoms. The van der Waals surface area contributed by atoms with Crippen molar-refractivity contribution in [1.29, 1.82) is 0 Å². The molecule has 2 heterocycles. The highest BCUT2D eigenvalue weighted by Gasteiger charge is 2.19. The van der Waals surface area contributed by atoms with Gasteiger partial charge in [0.1, 0.15) is 0 Å². The lowest BCUT2D eigenvalue weighted by molar-refractivity contribution is 1.01. The average Bonchev–Trinajstić information content (AvgIpc) is 3.21. The normalized spacial score (nSPS) is 11.8. The molecule has 0 atom stereocenters. The van der Waals surface area contributed by atoms with Crippen molar-refractivity contribution < 1.29 is 0 Å². The third kappa shape index (κ3) is 2.38. The van der Waals surface area contributed by atoms with Crippen LogP contribution in [0.2, 0.25) is 0 Å². The molecule has 0 aliphatic carbocycles. The van der Waals surface area contributed by atoms with Crippen LogP contribution in [0, 0.1) is 41.5 Å². The molecule has 0 radical (unpaired) electrons. The first kappa shape index (κ1) is 17.9. The number of rotatable bonds is 1. The SMILES string of the molecule is Cc1ccc2c(c1)c1c(-c3c(C)c(C)c(C)c(C)c3C)cccc1n1nccc21. The van der Waals surface area contributed by atoms with Crippen LogP contribution in [-0.2, 0) is 0 Å². The number of aryl methyl sites for hydroxylation is 1. The number of benzene rings is 3. The van der Waals surface area contributed by atoms with E-state index in [1.807, 2.05) is 6.20 Å². The fraction of sp³-hybridized carbons (Fsp3) is 0.222. The van der Waals surface area contributed by atoms with Crippen LogP contribution < -0.4 is 0 Å². The fourth-order valence-electron chi connectivity index (χ4n) is 4.90. The second-order valence-electron chi connectivity index (χ2n) is 8.38. The van der Waals surface area contributed by atoms with Crippen molar-refractivity contribution in [2.75, 3.05) is 0 Å². The Bertz CT molecular complexity index is 1420. The second-order valence-corrected chi connectivity index (χ2v) is 8.38. The second kappa shape index (κ2) is 6.18. The Morgan fingerprint density at radius 3 is 2.07 bits per heavy atom. The van der Waals surface area contributed by atoms with Crippen LogP contribution >= 0.6 is 0 Å². The summed E-state index contributed by atoms with van der Waals surface area (Å²) in [5.41, 5.74) is 13.2. The summed E-state index contributed by atoms with van der Waals surface area (Å²) in [6.45, 7) is 13.4. The van der Waals surface area contributed by atoms with Crippen molar-refractivity contribution in [3.8, 4) is 11.1 Å². The van der Waals surface area contributed by atoms with Gasteiger partial charge in [-0.15, -0.1) is 0 Å². The number of fused-ring (bicyclic) bond motifs is 6. The maximum absolute atomic E-state index is 4.66. The predicted octanol–water partition coefficient (Wildman–Crippen LogP) is 7.16. The van der Waals surface area contributed by atoms with Gasteiger partial charge in [-0.3, -0.25) is 0 Å². The number of nitrogens with zero attached hydrogens (tertiary/aromatic N) is 2. The molecule has 2 aromatic heterocycles. The quantitative estimate of drug-likeness (QED) is 0.283. The summed E-state index contributed by atoms with van der Waals surface area (Å²) >= 11 is 0. The molecule has 0 fully saturated rings. The largest absolute Gasteiger partial charge is 0.232 e. The van der Waals surface area contributed by atoms with E-state index in [9.17, 15) is 0 Å². The van der Waals surface area contributed by atoms with Crippen molar-refractivity contribution in [1.82, 2.24) is 9.61 Å². The van der Waals surface area contributed by atoms with Gasteiger partial charge in [-0.1, -0.05) is 35.9 Å². The zero-order chi connectivity index (χ0) is 20.4. The van der Waals surface area contributed by atoms with Gasteiger partial charge in [0.2, 0.25) is 0 Å². The molecule has 144 valence electrons. The van der Waals surface area contributed by atoms with E-state index < -0.39 is 0 Å². The van der Waals surface area contributed by atoms with E-state index in [0.717, 1.165) is 11.0 Å². The zero-order valence-electron chi connectivity index (χ0n) is 18.0. The molecule has 29 heavy (non-hydrogen) atoms. The van der Waals surface area contributed by atoms with Gasteiger partial charge in [0.25, 0.3) is 0 Å². The summed E-state index contributed by atoms with van der Waals surface area (Å²) < 4.78 is 2.09. The minimum atomic E-state index is 1.16. The summed E-state index contributed by atoms with van der Waals surface area (Å²) in [6.07, 6.45) is 1.90. The van der Waals surface area contributed by atoms with Crippen LogP contribution in [0.5, 0.6) is 0 Å². The van der Waals surface area contributed by atoms with E-state index in [1.54, 1.807) is 0 Å². The van der Waals surface area contributed by atoms with Crippen LogP contribution in [0.4, 0.5) is 0 Å². The van der Waals surface area contributed by atoms with E-state index in [4.69, 9.17) is 0 Å². The van der Waals surface area contributed by atoms with Gasteiger partial charge in [-0.25, -0.2) is 4.52 Å². The standard InChI is InChI=1S/C27H26N2/c1-15-10-11-21-23(14-15)27-22(8-7-9-25(27)29-24(21)12-13-28-29)26-19(5)17(3)16(2)18(4)20(26)6/h7-14H,1-6H3. The summed E-state index contributed by atoms with van der Waals surface area (Å²) in [5.74, 6) is 0. The van der Waals surface area contributed by atoms with Crippen LogP contribution in [-0.4, -0.2) is 9.61 Å². The average molecular weight is 379 g/mol. The number of pyridine rings is 1. The first-order chi connectivity index (χ1) is 13.9. The van der Waals surface area contributed by atoms with Gasteiger partial charge >= 0.3 is 0 Å². The van der Waals surface area contributed by atoms with Crippen LogP contribution in [0.25, 0.3) is 38.3 Å². The highest BCUT2D eigenvalue weighted by Crippen LogP contribution is 2.41. The van der Waals surface area contributed by atoms with Crippen molar-refractivity contribution in [3.05, 3.63) is 82.0 Å². The van der Waals surface area contributed by atoms with E-state index >= 15 is 0 Å². The Labute approximate surface area is 171 Å². The monoisotopic (exact) mass is 378 g/mol. The minimum absolute atomic E-state index is 1.16. The summed E-state index contributed by atoms with van der Waals surface area (Å²) in [4.78, 5) is 0. The lowest BCUT2D eigenvalue weighted by Crippen LogP contribution is -2.01. The van der Waals surface area contributed by atoms with Gasteiger partial charge in [-0.05, 0) is 98.0 Å². The lowest BCUT2D eigenvalue weighted by atomic mass is 9.84. The Morgan fingerprint density at radius 1 is 0.655 bits per heavy atom. The first-order valence-corrected chi connectivity index (χ1v) is 10.3. The zero-order valence-corrected chi connectivity index (χ0v) is 18.0. The smallest absolute Gasteiger partial charge is 0.0747 e. The Kier molecular flexibility index (Phi) is 3.82. The molecular weight excluding hydrogens is 352 g/mol. The Hall–Kier alpha value is -3.13. The molecule has 0 saturated heterocycles. The minimum Gasteiger partial charge on any atom is -0.232 e. The maximum atomic E-state index is 4.66. The Morgan fingerprint density at radius 2 is 1.34 bits per heavy atom. The van der Waals surface area contributed by atoms with Gasteiger partial charge in [0.05, 0.1) is 17.2 Å². The molecule has 0 aliphatic heterocycles. The van der Waals surface area contributed by atoms with Crippen LogP contribution in [0.15, 0.2) is 48.7 Å². The molecule has 5 aromatic rings. The van der Waals surface area contributed by atoms with Gasteiger partial charge in [0.15, 0.2) is 0 Å². The van der Waals surface area contributed by atoms with E-state index in [2.05, 4.69) is 93.6 Å². The highest BCUT2D eigenvalue weighted by atomic mass is 15.2. The maximum Gasteiger partial charge on any atom is 0.0747 e. The molecule has 0 bridgehead atoms. The van der Waals surface area contributed by atoms with Crippen molar-refractivity contribution in [3.63, 3.8) is 0 Å². The molecule has 2 nitrogen and oxygen atoms in total. The Balaban J connectivity index is 2.07. The number of hydrogen-bond acceptors (Lipinski definition) is 1. The predicted molar refractivity (Wildman–Crippen MR) is 124 cm³/mol. The summed E-state index contributed by atoms with van der Waals surface area (Å²) in [5, 5.41) is 8.51. The molecule has 0 aliphatic rings. The molecule has 0 N–H and O–H groups in total. The molecule has 0 spiro atoms. The van der Waals surface area contributed by atoms with Crippen molar-refractivity contribution >= 4 is 27.2 Å². The van der Waals surface area contributed by atoms with Gasteiger partial charge in [-0.2, -0.15) is 5.10 Å². The fourth-order valence-corrected chi connectivity index (χ4v) is 4.90. The van der Waals surface area contributed by atoms with Crippen LogP contribution in [0.1, 0.15) is 33.4 Å². The van der Waals surface area contributed by atoms with Crippen molar-refractivity contribution in [2.45, 2.75) is 41.5 Å². The van der Waals surface area contributed by atoms with E-state index in [0.29, 0.717) is 0 Å². The molecule has 0 unspecified atom stereocenters. The van der Waals surface area contributed by atoms with E-state index in [1.165, 1.54) is 60.7 Å². The number of hydrogen-bond donors (Lipinski definition) is 0. The molecule has 0 amide bonds. The third-order valence-electron chi connectivity index (χ3n) is 6.90. The highest BCUT2D eigenvalue weighted by molar-refractivity contribution is 6.18. The molecule has 3 aromatic carbocycles. The molecular formula is C27H26N2. The van der Waals surface area contributed by atoms with Gasteiger partial charge in [0, 0.05) is 10.8 Å². The summed E-state index contributed by atoms with van der Waals surface area (Å²) in [7, 11) is 0. The van der Waals surface area contributed by atoms with Crippen LogP contribution in [0.3, 0.4) is 0 Å². The topological polar surface area (TPSA) is 17.3 Å². The lowest BCUT2D eigenvalue weighted by Gasteiger charge is -2.21.